The van der Waals surface area contributed by atoms with Crippen molar-refractivity contribution in [2.75, 3.05) is 5.73 Å². The van der Waals surface area contributed by atoms with Crippen LogP contribution in [0.2, 0.25) is 0 Å². The average molecular weight is 337 g/mol. The minimum Gasteiger partial charge on any atom is -0.399 e. The summed E-state index contributed by atoms with van der Waals surface area (Å²) in [5.41, 5.74) is 9.39. The summed E-state index contributed by atoms with van der Waals surface area (Å²) in [6.07, 6.45) is 7.74. The summed E-state index contributed by atoms with van der Waals surface area (Å²) in [6.45, 7) is 0. The molecule has 0 amide bonds. The standard InChI is InChI=1S/C21H24N2S/c22-18-13-9-16(10-14-18)6-5-15-7-11-17(12-8-15)21-19-3-1-2-4-20(19)24-23-21/h1-4,9-10,13-15,17H,5-8,11-12,22H2. The average Bonchev–Trinajstić information content (AvgIpc) is 3.06. The third-order valence-electron chi connectivity index (χ3n) is 5.46. The van der Waals surface area contributed by atoms with Crippen molar-refractivity contribution in [1.82, 2.24) is 4.37 Å². The number of anilines is 1. The first-order chi connectivity index (χ1) is 11.8. The van der Waals surface area contributed by atoms with Gasteiger partial charge in [-0.05, 0) is 79.7 Å². The Hall–Kier alpha value is -1.87. The lowest BCUT2D eigenvalue weighted by atomic mass is 9.78. The van der Waals surface area contributed by atoms with Crippen LogP contribution < -0.4 is 5.73 Å². The molecule has 3 heteroatoms. The Labute approximate surface area is 147 Å². The molecule has 0 unspecified atom stereocenters. The zero-order valence-corrected chi connectivity index (χ0v) is 14.8. The summed E-state index contributed by atoms with van der Waals surface area (Å²) in [5.74, 6) is 1.53. The zero-order chi connectivity index (χ0) is 16.4. The fourth-order valence-electron chi connectivity index (χ4n) is 3.98. The van der Waals surface area contributed by atoms with Crippen molar-refractivity contribution in [3.05, 3.63) is 59.8 Å². The first-order valence-corrected chi connectivity index (χ1v) is 9.75. The molecule has 0 saturated heterocycles. The SMILES string of the molecule is Nc1ccc(CCC2CCC(c3nsc4ccccc34)CC2)cc1. The predicted octanol–water partition coefficient (Wildman–Crippen LogP) is 5.79. The molecule has 1 heterocycles. The third kappa shape index (κ3) is 3.32. The van der Waals surface area contributed by atoms with E-state index in [-0.39, 0.29) is 0 Å². The Bertz CT molecular complexity index is 798. The lowest BCUT2D eigenvalue weighted by Crippen LogP contribution is -2.14. The largest absolute Gasteiger partial charge is 0.399 e. The lowest BCUT2D eigenvalue weighted by molar-refractivity contribution is 0.309. The van der Waals surface area contributed by atoms with Crippen LogP contribution in [0.4, 0.5) is 5.69 Å². The highest BCUT2D eigenvalue weighted by molar-refractivity contribution is 7.13. The quantitative estimate of drug-likeness (QED) is 0.613. The van der Waals surface area contributed by atoms with E-state index in [2.05, 4.69) is 36.4 Å². The highest BCUT2D eigenvalue weighted by Gasteiger charge is 2.25. The molecule has 0 aliphatic heterocycles. The highest BCUT2D eigenvalue weighted by atomic mass is 32.1. The monoisotopic (exact) mass is 336 g/mol. The molecule has 0 radical (unpaired) electrons. The van der Waals surface area contributed by atoms with E-state index in [1.54, 1.807) is 11.5 Å². The fraction of sp³-hybridized carbons (Fsp3) is 0.381. The molecule has 0 bridgehead atoms. The van der Waals surface area contributed by atoms with Crippen molar-refractivity contribution in [3.63, 3.8) is 0 Å². The van der Waals surface area contributed by atoms with Crippen LogP contribution in [0.25, 0.3) is 10.1 Å². The second-order valence-corrected chi connectivity index (χ2v) is 7.87. The zero-order valence-electron chi connectivity index (χ0n) is 13.9. The van der Waals surface area contributed by atoms with Crippen LogP contribution in [0.15, 0.2) is 48.5 Å². The summed E-state index contributed by atoms with van der Waals surface area (Å²) in [4.78, 5) is 0. The van der Waals surface area contributed by atoms with Crippen molar-refractivity contribution in [3.8, 4) is 0 Å². The van der Waals surface area contributed by atoms with Gasteiger partial charge < -0.3 is 5.73 Å². The number of hydrogen-bond acceptors (Lipinski definition) is 3. The maximum atomic E-state index is 5.76. The smallest absolute Gasteiger partial charge is 0.0651 e. The number of aryl methyl sites for hydroxylation is 1. The van der Waals surface area contributed by atoms with Crippen molar-refractivity contribution >= 4 is 27.3 Å². The topological polar surface area (TPSA) is 38.9 Å². The molecule has 1 aliphatic rings. The third-order valence-corrected chi connectivity index (χ3v) is 6.30. The van der Waals surface area contributed by atoms with E-state index < -0.39 is 0 Å². The van der Waals surface area contributed by atoms with Crippen LogP contribution in [0, 0.1) is 5.92 Å². The van der Waals surface area contributed by atoms with Crippen molar-refractivity contribution in [2.45, 2.75) is 44.4 Å². The maximum Gasteiger partial charge on any atom is 0.0651 e. The van der Waals surface area contributed by atoms with Gasteiger partial charge in [0.05, 0.1) is 10.4 Å². The Kier molecular flexibility index (Phi) is 4.52. The summed E-state index contributed by atoms with van der Waals surface area (Å²) in [7, 11) is 0. The molecule has 124 valence electrons. The van der Waals surface area contributed by atoms with Crippen LogP contribution in [-0.2, 0) is 6.42 Å². The van der Waals surface area contributed by atoms with Crippen molar-refractivity contribution < 1.29 is 0 Å². The van der Waals surface area contributed by atoms with E-state index in [9.17, 15) is 0 Å². The Balaban J connectivity index is 1.34. The van der Waals surface area contributed by atoms with Crippen LogP contribution in [0.5, 0.6) is 0 Å². The normalized spacial score (nSPS) is 21.2. The van der Waals surface area contributed by atoms with Crippen LogP contribution in [-0.4, -0.2) is 4.37 Å². The van der Waals surface area contributed by atoms with Gasteiger partial charge in [0.2, 0.25) is 0 Å². The molecule has 2 nitrogen and oxygen atoms in total. The summed E-state index contributed by atoms with van der Waals surface area (Å²) in [5, 5.41) is 1.38. The van der Waals surface area contributed by atoms with Gasteiger partial charge in [0.1, 0.15) is 0 Å². The van der Waals surface area contributed by atoms with Gasteiger partial charge in [0.25, 0.3) is 0 Å². The molecular weight excluding hydrogens is 312 g/mol. The molecule has 1 aliphatic carbocycles. The Morgan fingerprint density at radius 2 is 1.71 bits per heavy atom. The molecule has 0 spiro atoms. The number of nitrogens with zero attached hydrogens (tertiary/aromatic N) is 1. The molecule has 3 aromatic rings. The van der Waals surface area contributed by atoms with Gasteiger partial charge in [-0.1, -0.05) is 30.3 Å². The molecule has 1 saturated carbocycles. The van der Waals surface area contributed by atoms with E-state index >= 15 is 0 Å². The van der Waals surface area contributed by atoms with E-state index in [0.29, 0.717) is 5.92 Å². The summed E-state index contributed by atoms with van der Waals surface area (Å²) < 4.78 is 6.11. The molecule has 1 aromatic heterocycles. The molecule has 2 aromatic carbocycles. The molecule has 4 rings (SSSR count). The lowest BCUT2D eigenvalue weighted by Gasteiger charge is -2.27. The van der Waals surface area contributed by atoms with Crippen LogP contribution in [0.3, 0.4) is 0 Å². The number of hydrogen-bond donors (Lipinski definition) is 1. The molecule has 2 N–H and O–H groups in total. The van der Waals surface area contributed by atoms with Gasteiger partial charge in [0.15, 0.2) is 0 Å². The van der Waals surface area contributed by atoms with Gasteiger partial charge >= 0.3 is 0 Å². The number of benzene rings is 2. The first-order valence-electron chi connectivity index (χ1n) is 8.98. The minimum atomic E-state index is 0.661. The number of rotatable bonds is 4. The number of nitrogen functional groups attached to an aromatic ring is 1. The van der Waals surface area contributed by atoms with Gasteiger partial charge in [-0.15, -0.1) is 0 Å². The van der Waals surface area contributed by atoms with Gasteiger partial charge in [-0.25, -0.2) is 0 Å². The second kappa shape index (κ2) is 6.94. The molecule has 24 heavy (non-hydrogen) atoms. The maximum absolute atomic E-state index is 5.76. The van der Waals surface area contributed by atoms with E-state index in [1.807, 2.05) is 12.1 Å². The van der Waals surface area contributed by atoms with Crippen molar-refractivity contribution in [1.29, 1.82) is 0 Å². The molecule has 1 fully saturated rings. The number of fused-ring (bicyclic) bond motifs is 1. The molecular formula is C21H24N2S. The summed E-state index contributed by atoms with van der Waals surface area (Å²) in [6, 6.07) is 17.0. The van der Waals surface area contributed by atoms with E-state index in [0.717, 1.165) is 11.6 Å². The number of nitrogens with two attached hydrogens (primary N) is 1. The molecule has 0 atom stereocenters. The van der Waals surface area contributed by atoms with Crippen LogP contribution in [0.1, 0.15) is 49.3 Å². The van der Waals surface area contributed by atoms with Crippen molar-refractivity contribution in [2.24, 2.45) is 5.92 Å². The second-order valence-electron chi connectivity index (χ2n) is 7.06. The summed E-state index contributed by atoms with van der Waals surface area (Å²) >= 11 is 1.66. The highest BCUT2D eigenvalue weighted by Crippen LogP contribution is 2.40. The first kappa shape index (κ1) is 15.6. The van der Waals surface area contributed by atoms with Gasteiger partial charge in [-0.2, -0.15) is 4.37 Å². The van der Waals surface area contributed by atoms with Gasteiger partial charge in [-0.3, -0.25) is 0 Å². The Morgan fingerprint density at radius 1 is 0.958 bits per heavy atom. The number of aromatic nitrogens is 1. The van der Waals surface area contributed by atoms with E-state index in [1.165, 1.54) is 59.9 Å². The van der Waals surface area contributed by atoms with Crippen LogP contribution >= 0.6 is 11.5 Å². The fourth-order valence-corrected chi connectivity index (χ4v) is 4.83. The van der Waals surface area contributed by atoms with Gasteiger partial charge in [0, 0.05) is 17.0 Å². The Morgan fingerprint density at radius 3 is 2.50 bits per heavy atom. The predicted molar refractivity (Wildman–Crippen MR) is 103 cm³/mol. The minimum absolute atomic E-state index is 0.661. The van der Waals surface area contributed by atoms with E-state index in [4.69, 9.17) is 10.1 Å².